The molecule has 1 aromatic rings. The molecule has 84 valence electrons. The monoisotopic (exact) mass is 219 g/mol. The van der Waals surface area contributed by atoms with Gasteiger partial charge in [-0.15, -0.1) is 6.58 Å². The van der Waals surface area contributed by atoms with E-state index in [1.807, 2.05) is 0 Å². The van der Waals surface area contributed by atoms with Crippen LogP contribution in [0.2, 0.25) is 0 Å². The van der Waals surface area contributed by atoms with Crippen LogP contribution in [0.25, 0.3) is 0 Å². The first-order chi connectivity index (χ1) is 7.61. The topological polar surface area (TPSA) is 20.3 Å². The summed E-state index contributed by atoms with van der Waals surface area (Å²) >= 11 is 0. The standard InChI is InChI=1S/C13H14FNO/c1-3-10-6-13(16)15(8-10)11-5-4-9(2)12(14)7-11/h3-5,7,10H,1,6,8H2,2H3. The van der Waals surface area contributed by atoms with E-state index in [1.54, 1.807) is 30.0 Å². The Morgan fingerprint density at radius 2 is 2.31 bits per heavy atom. The lowest BCUT2D eigenvalue weighted by atomic mass is 10.1. The number of hydrogen-bond acceptors (Lipinski definition) is 1. The number of anilines is 1. The molecule has 1 atom stereocenters. The predicted molar refractivity (Wildman–Crippen MR) is 61.8 cm³/mol. The van der Waals surface area contributed by atoms with Crippen molar-refractivity contribution in [2.45, 2.75) is 13.3 Å². The summed E-state index contributed by atoms with van der Waals surface area (Å²) in [6.45, 7) is 5.99. The first kappa shape index (κ1) is 10.9. The summed E-state index contributed by atoms with van der Waals surface area (Å²) in [6, 6.07) is 4.89. The maximum atomic E-state index is 13.4. The highest BCUT2D eigenvalue weighted by Gasteiger charge is 2.28. The third-order valence-corrected chi connectivity index (χ3v) is 2.96. The number of nitrogens with zero attached hydrogens (tertiary/aromatic N) is 1. The fourth-order valence-corrected chi connectivity index (χ4v) is 1.89. The molecule has 16 heavy (non-hydrogen) atoms. The number of halogens is 1. The second-order valence-corrected chi connectivity index (χ2v) is 4.14. The van der Waals surface area contributed by atoms with Gasteiger partial charge in [0.1, 0.15) is 5.82 Å². The molecule has 1 aromatic carbocycles. The van der Waals surface area contributed by atoms with Gasteiger partial charge in [-0.3, -0.25) is 4.79 Å². The molecule has 2 nitrogen and oxygen atoms in total. The lowest BCUT2D eigenvalue weighted by Gasteiger charge is -2.16. The minimum Gasteiger partial charge on any atom is -0.312 e. The molecule has 0 aromatic heterocycles. The van der Waals surface area contributed by atoms with E-state index in [1.165, 1.54) is 6.07 Å². The minimum atomic E-state index is -0.271. The van der Waals surface area contributed by atoms with Gasteiger partial charge in [0, 0.05) is 24.6 Å². The summed E-state index contributed by atoms with van der Waals surface area (Å²) in [4.78, 5) is 13.3. The highest BCUT2D eigenvalue weighted by Crippen LogP contribution is 2.26. The van der Waals surface area contributed by atoms with Gasteiger partial charge in [-0.1, -0.05) is 12.1 Å². The zero-order valence-corrected chi connectivity index (χ0v) is 9.24. The Hall–Kier alpha value is -1.64. The molecule has 0 N–H and O–H groups in total. The van der Waals surface area contributed by atoms with Gasteiger partial charge >= 0.3 is 0 Å². The van der Waals surface area contributed by atoms with Crippen LogP contribution in [0, 0.1) is 18.7 Å². The van der Waals surface area contributed by atoms with Crippen LogP contribution in [0.1, 0.15) is 12.0 Å². The Morgan fingerprint density at radius 1 is 1.56 bits per heavy atom. The molecule has 1 heterocycles. The molecule has 0 radical (unpaired) electrons. The fraction of sp³-hybridized carbons (Fsp3) is 0.308. The Labute approximate surface area is 94.4 Å². The first-order valence-electron chi connectivity index (χ1n) is 5.31. The minimum absolute atomic E-state index is 0.0353. The molecular weight excluding hydrogens is 205 g/mol. The molecular formula is C13H14FNO. The molecule has 2 rings (SSSR count). The molecule has 0 aliphatic carbocycles. The van der Waals surface area contributed by atoms with E-state index in [-0.39, 0.29) is 17.6 Å². The number of benzene rings is 1. The molecule has 3 heteroatoms. The summed E-state index contributed by atoms with van der Waals surface area (Å²) in [7, 11) is 0. The van der Waals surface area contributed by atoms with E-state index < -0.39 is 0 Å². The second kappa shape index (κ2) is 4.08. The summed E-state index contributed by atoms with van der Waals surface area (Å²) in [5, 5.41) is 0. The van der Waals surface area contributed by atoms with Crippen molar-refractivity contribution in [3.8, 4) is 0 Å². The predicted octanol–water partition coefficient (Wildman–Crippen LogP) is 2.67. The summed E-state index contributed by atoms with van der Waals surface area (Å²) < 4.78 is 13.4. The van der Waals surface area contributed by atoms with Gasteiger partial charge in [0.05, 0.1) is 0 Å². The molecule has 1 fully saturated rings. The van der Waals surface area contributed by atoms with E-state index >= 15 is 0 Å². The van der Waals surface area contributed by atoms with E-state index in [9.17, 15) is 9.18 Å². The SMILES string of the molecule is C=CC1CC(=O)N(c2ccc(C)c(F)c2)C1. The van der Waals surface area contributed by atoms with Crippen LogP contribution in [0.5, 0.6) is 0 Å². The van der Waals surface area contributed by atoms with Crippen molar-refractivity contribution in [2.24, 2.45) is 5.92 Å². The summed E-state index contributed by atoms with van der Waals surface area (Å²) in [5.41, 5.74) is 1.23. The van der Waals surface area contributed by atoms with Gasteiger partial charge in [0.25, 0.3) is 0 Å². The Bertz CT molecular complexity index is 442. The van der Waals surface area contributed by atoms with Gasteiger partial charge in [-0.05, 0) is 24.6 Å². The maximum absolute atomic E-state index is 13.4. The number of aryl methyl sites for hydroxylation is 1. The van der Waals surface area contributed by atoms with E-state index in [4.69, 9.17) is 0 Å². The second-order valence-electron chi connectivity index (χ2n) is 4.14. The molecule has 1 aliphatic rings. The zero-order valence-electron chi connectivity index (χ0n) is 9.24. The Balaban J connectivity index is 2.27. The van der Waals surface area contributed by atoms with Gasteiger partial charge < -0.3 is 4.90 Å². The van der Waals surface area contributed by atoms with Crippen molar-refractivity contribution in [3.63, 3.8) is 0 Å². The Kier molecular flexibility index (Phi) is 2.77. The van der Waals surface area contributed by atoms with Crippen LogP contribution in [0.15, 0.2) is 30.9 Å². The van der Waals surface area contributed by atoms with Crippen LogP contribution in [-0.2, 0) is 4.79 Å². The lowest BCUT2D eigenvalue weighted by Crippen LogP contribution is -2.24. The molecule has 1 saturated heterocycles. The highest BCUT2D eigenvalue weighted by atomic mass is 19.1. The molecule has 0 saturated carbocycles. The van der Waals surface area contributed by atoms with E-state index in [0.29, 0.717) is 24.2 Å². The van der Waals surface area contributed by atoms with Crippen LogP contribution in [0.4, 0.5) is 10.1 Å². The number of hydrogen-bond donors (Lipinski definition) is 0. The number of carbonyl (C=O) groups excluding carboxylic acids is 1. The number of rotatable bonds is 2. The van der Waals surface area contributed by atoms with Crippen LogP contribution < -0.4 is 4.90 Å². The average Bonchev–Trinajstić information content (AvgIpc) is 2.64. The van der Waals surface area contributed by atoms with E-state index in [0.717, 1.165) is 0 Å². The maximum Gasteiger partial charge on any atom is 0.227 e. The van der Waals surface area contributed by atoms with Crippen molar-refractivity contribution in [3.05, 3.63) is 42.2 Å². The third kappa shape index (κ3) is 1.85. The van der Waals surface area contributed by atoms with Crippen LogP contribution in [-0.4, -0.2) is 12.5 Å². The molecule has 1 unspecified atom stereocenters. The molecule has 1 amide bonds. The van der Waals surface area contributed by atoms with Gasteiger partial charge in [0.2, 0.25) is 5.91 Å². The lowest BCUT2D eigenvalue weighted by molar-refractivity contribution is -0.117. The summed E-state index contributed by atoms with van der Waals surface area (Å²) in [5.74, 6) is -0.0580. The highest BCUT2D eigenvalue weighted by molar-refractivity contribution is 5.95. The fourth-order valence-electron chi connectivity index (χ4n) is 1.89. The van der Waals surface area contributed by atoms with Crippen molar-refractivity contribution in [2.75, 3.05) is 11.4 Å². The van der Waals surface area contributed by atoms with Crippen molar-refractivity contribution >= 4 is 11.6 Å². The van der Waals surface area contributed by atoms with Crippen LogP contribution >= 0.6 is 0 Å². The van der Waals surface area contributed by atoms with Crippen molar-refractivity contribution in [1.29, 1.82) is 0 Å². The van der Waals surface area contributed by atoms with Gasteiger partial charge in [0.15, 0.2) is 0 Å². The Morgan fingerprint density at radius 3 is 2.88 bits per heavy atom. The molecule has 1 aliphatic heterocycles. The zero-order chi connectivity index (χ0) is 11.7. The molecule has 0 spiro atoms. The van der Waals surface area contributed by atoms with Gasteiger partial charge in [-0.2, -0.15) is 0 Å². The number of carbonyl (C=O) groups is 1. The third-order valence-electron chi connectivity index (χ3n) is 2.96. The van der Waals surface area contributed by atoms with E-state index in [2.05, 4.69) is 6.58 Å². The van der Waals surface area contributed by atoms with Crippen molar-refractivity contribution < 1.29 is 9.18 Å². The number of amides is 1. The average molecular weight is 219 g/mol. The largest absolute Gasteiger partial charge is 0.312 e. The smallest absolute Gasteiger partial charge is 0.227 e. The van der Waals surface area contributed by atoms with Gasteiger partial charge in [-0.25, -0.2) is 4.39 Å². The molecule has 0 bridgehead atoms. The first-order valence-corrected chi connectivity index (χ1v) is 5.31. The summed E-state index contributed by atoms with van der Waals surface area (Å²) in [6.07, 6.45) is 2.25. The van der Waals surface area contributed by atoms with Crippen molar-refractivity contribution in [1.82, 2.24) is 0 Å². The van der Waals surface area contributed by atoms with Crippen LogP contribution in [0.3, 0.4) is 0 Å². The normalized spacial score (nSPS) is 20.2. The quantitative estimate of drug-likeness (QED) is 0.700.